The standard InChI is InChI=1S/C29H33NO6/c1-16-13-17(2)24-23(14-16)36-28-25(27(24)32)26(19-7-10-21(31)22(15-19)35-4)30(29(28)33)12-11-18-5-8-20(34-3)9-6-18/h5-10,15-17,23-24,26,31H,11-14H2,1-4H3. The molecular weight excluding hydrogens is 458 g/mol. The Morgan fingerprint density at radius 3 is 2.47 bits per heavy atom. The molecule has 2 aromatic rings. The topological polar surface area (TPSA) is 85.3 Å². The first-order valence-electron chi connectivity index (χ1n) is 12.6. The third-order valence-electron chi connectivity index (χ3n) is 7.86. The number of phenols is 1. The fraction of sp³-hybridized carbons (Fsp3) is 0.448. The summed E-state index contributed by atoms with van der Waals surface area (Å²) in [6, 6.07) is 12.1. The number of methoxy groups -OCH3 is 2. The fourth-order valence-electron chi connectivity index (χ4n) is 6.15. The predicted octanol–water partition coefficient (Wildman–Crippen LogP) is 4.44. The maximum absolute atomic E-state index is 14.0. The average molecular weight is 492 g/mol. The molecule has 5 atom stereocenters. The van der Waals surface area contributed by atoms with Crippen LogP contribution in [-0.4, -0.2) is 48.6 Å². The van der Waals surface area contributed by atoms with Gasteiger partial charge in [-0.3, -0.25) is 9.59 Å². The van der Waals surface area contributed by atoms with E-state index in [1.54, 1.807) is 30.2 Å². The molecular formula is C29H33NO6. The van der Waals surface area contributed by atoms with Crippen LogP contribution in [0, 0.1) is 17.8 Å². The van der Waals surface area contributed by atoms with Crippen molar-refractivity contribution < 1.29 is 28.9 Å². The van der Waals surface area contributed by atoms with Crippen molar-refractivity contribution in [3.8, 4) is 17.2 Å². The first kappa shape index (κ1) is 24.2. The summed E-state index contributed by atoms with van der Waals surface area (Å²) < 4.78 is 16.9. The fourth-order valence-corrected chi connectivity index (χ4v) is 6.15. The van der Waals surface area contributed by atoms with E-state index in [2.05, 4.69) is 13.8 Å². The van der Waals surface area contributed by atoms with Crippen LogP contribution in [0.3, 0.4) is 0 Å². The number of nitrogens with zero attached hydrogens (tertiary/aromatic N) is 1. The first-order valence-corrected chi connectivity index (χ1v) is 12.6. The van der Waals surface area contributed by atoms with Gasteiger partial charge < -0.3 is 24.2 Å². The van der Waals surface area contributed by atoms with E-state index in [1.807, 2.05) is 24.3 Å². The van der Waals surface area contributed by atoms with E-state index in [1.165, 1.54) is 7.11 Å². The van der Waals surface area contributed by atoms with Crippen molar-refractivity contribution in [2.45, 2.75) is 45.3 Å². The highest BCUT2D eigenvalue weighted by Gasteiger charge is 2.54. The highest BCUT2D eigenvalue weighted by Crippen LogP contribution is 2.49. The summed E-state index contributed by atoms with van der Waals surface area (Å²) in [6.07, 6.45) is 2.08. The molecule has 2 heterocycles. The lowest BCUT2D eigenvalue weighted by atomic mass is 9.69. The first-order chi connectivity index (χ1) is 17.3. The second-order valence-corrected chi connectivity index (χ2v) is 10.3. The maximum Gasteiger partial charge on any atom is 0.290 e. The number of rotatable bonds is 6. The Bertz CT molecular complexity index is 1200. The van der Waals surface area contributed by atoms with Crippen LogP contribution in [0.2, 0.25) is 0 Å². The minimum atomic E-state index is -0.597. The van der Waals surface area contributed by atoms with Gasteiger partial charge in [0, 0.05) is 6.54 Å². The zero-order valence-electron chi connectivity index (χ0n) is 21.2. The molecule has 2 aliphatic heterocycles. The van der Waals surface area contributed by atoms with Crippen LogP contribution >= 0.6 is 0 Å². The van der Waals surface area contributed by atoms with Crippen molar-refractivity contribution in [2.75, 3.05) is 20.8 Å². The molecule has 1 amide bonds. The number of aromatic hydroxyl groups is 1. The van der Waals surface area contributed by atoms with Gasteiger partial charge in [0.15, 0.2) is 23.0 Å². The molecule has 0 aromatic heterocycles. The number of Topliss-reactive ketones (excluding diaryl/α,β-unsaturated/α-hetero) is 1. The monoisotopic (exact) mass is 491 g/mol. The third kappa shape index (κ3) is 4.10. The Hall–Kier alpha value is -3.48. The smallest absolute Gasteiger partial charge is 0.290 e. The molecule has 0 saturated heterocycles. The molecule has 7 heteroatoms. The van der Waals surface area contributed by atoms with Gasteiger partial charge in [0.05, 0.1) is 31.8 Å². The molecule has 5 unspecified atom stereocenters. The Morgan fingerprint density at radius 2 is 1.78 bits per heavy atom. The number of carbonyl (C=O) groups excluding carboxylic acids is 2. The molecule has 1 fully saturated rings. The highest BCUT2D eigenvalue weighted by molar-refractivity contribution is 6.11. The molecule has 3 aliphatic rings. The summed E-state index contributed by atoms with van der Waals surface area (Å²) in [5.41, 5.74) is 2.20. The van der Waals surface area contributed by atoms with Gasteiger partial charge in [-0.15, -0.1) is 0 Å². The Kier molecular flexibility index (Phi) is 6.41. The van der Waals surface area contributed by atoms with Crippen molar-refractivity contribution in [2.24, 2.45) is 17.8 Å². The van der Waals surface area contributed by atoms with Crippen LogP contribution in [0.5, 0.6) is 17.2 Å². The number of ketones is 1. The van der Waals surface area contributed by atoms with Crippen LogP contribution in [0.15, 0.2) is 53.8 Å². The second-order valence-electron chi connectivity index (χ2n) is 10.3. The van der Waals surface area contributed by atoms with Crippen molar-refractivity contribution in [1.29, 1.82) is 0 Å². The molecule has 1 aliphatic carbocycles. The Morgan fingerprint density at radius 1 is 1.03 bits per heavy atom. The minimum absolute atomic E-state index is 0.00531. The normalized spacial score (nSPS) is 27.4. The molecule has 5 rings (SSSR count). The Balaban J connectivity index is 1.52. The van der Waals surface area contributed by atoms with Crippen LogP contribution < -0.4 is 9.47 Å². The average Bonchev–Trinajstić information content (AvgIpc) is 3.14. The Labute approximate surface area is 211 Å². The largest absolute Gasteiger partial charge is 0.504 e. The van der Waals surface area contributed by atoms with Gasteiger partial charge in [0.2, 0.25) is 0 Å². The van der Waals surface area contributed by atoms with Crippen molar-refractivity contribution in [3.05, 3.63) is 64.9 Å². The van der Waals surface area contributed by atoms with Crippen LogP contribution in [0.4, 0.5) is 0 Å². The summed E-state index contributed by atoms with van der Waals surface area (Å²) >= 11 is 0. The van der Waals surface area contributed by atoms with Gasteiger partial charge in [-0.25, -0.2) is 0 Å². The summed E-state index contributed by atoms with van der Waals surface area (Å²) in [7, 11) is 3.11. The molecule has 0 bridgehead atoms. The number of fused-ring (bicyclic) bond motifs is 1. The maximum atomic E-state index is 14.0. The van der Waals surface area contributed by atoms with Crippen molar-refractivity contribution in [3.63, 3.8) is 0 Å². The van der Waals surface area contributed by atoms with Gasteiger partial charge in [0.1, 0.15) is 11.9 Å². The molecule has 0 spiro atoms. The quantitative estimate of drug-likeness (QED) is 0.643. The summed E-state index contributed by atoms with van der Waals surface area (Å²) in [5, 5.41) is 10.2. The minimum Gasteiger partial charge on any atom is -0.504 e. The number of carbonyl (C=O) groups is 2. The molecule has 190 valence electrons. The number of amides is 1. The van der Waals surface area contributed by atoms with Gasteiger partial charge in [0.25, 0.3) is 5.91 Å². The highest BCUT2D eigenvalue weighted by atomic mass is 16.5. The molecule has 36 heavy (non-hydrogen) atoms. The third-order valence-corrected chi connectivity index (χ3v) is 7.86. The zero-order chi connectivity index (χ0) is 25.6. The summed E-state index contributed by atoms with van der Waals surface area (Å²) in [4.78, 5) is 29.5. The second kappa shape index (κ2) is 9.52. The molecule has 0 radical (unpaired) electrons. The van der Waals surface area contributed by atoms with Crippen molar-refractivity contribution >= 4 is 11.7 Å². The zero-order valence-corrected chi connectivity index (χ0v) is 21.2. The number of benzene rings is 2. The number of phenolic OH excluding ortho intramolecular Hbond substituents is 1. The molecule has 7 nitrogen and oxygen atoms in total. The summed E-state index contributed by atoms with van der Waals surface area (Å²) in [5.74, 6) is 1.38. The van der Waals surface area contributed by atoms with Crippen LogP contribution in [0.25, 0.3) is 0 Å². The number of hydrogen-bond donors (Lipinski definition) is 1. The van der Waals surface area contributed by atoms with E-state index in [9.17, 15) is 14.7 Å². The van der Waals surface area contributed by atoms with E-state index >= 15 is 0 Å². The van der Waals surface area contributed by atoms with E-state index in [0.29, 0.717) is 35.8 Å². The van der Waals surface area contributed by atoms with E-state index in [0.717, 1.165) is 24.2 Å². The van der Waals surface area contributed by atoms with E-state index in [4.69, 9.17) is 14.2 Å². The molecule has 1 N–H and O–H groups in total. The molecule has 2 aromatic carbocycles. The van der Waals surface area contributed by atoms with Crippen LogP contribution in [-0.2, 0) is 20.7 Å². The lowest BCUT2D eigenvalue weighted by Crippen LogP contribution is -2.45. The van der Waals surface area contributed by atoms with Crippen LogP contribution in [0.1, 0.15) is 43.9 Å². The van der Waals surface area contributed by atoms with E-state index < -0.39 is 6.04 Å². The van der Waals surface area contributed by atoms with Gasteiger partial charge in [-0.05, 0) is 66.5 Å². The lowest BCUT2D eigenvalue weighted by molar-refractivity contribution is -0.138. The van der Waals surface area contributed by atoms with Gasteiger partial charge in [-0.1, -0.05) is 32.0 Å². The number of ether oxygens (including phenoxy) is 3. The summed E-state index contributed by atoms with van der Waals surface area (Å²) in [6.45, 7) is 4.69. The molecule has 1 saturated carbocycles. The number of hydrogen-bond acceptors (Lipinski definition) is 6. The van der Waals surface area contributed by atoms with Crippen molar-refractivity contribution in [1.82, 2.24) is 4.90 Å². The van der Waals surface area contributed by atoms with Gasteiger partial charge in [-0.2, -0.15) is 0 Å². The predicted molar refractivity (Wildman–Crippen MR) is 134 cm³/mol. The SMILES string of the molecule is COc1ccc(CCN2C(=O)C3=C(C(=O)C4C(C)CC(C)CC4O3)C2c2ccc(O)c(OC)c2)cc1. The van der Waals surface area contributed by atoms with Gasteiger partial charge >= 0.3 is 0 Å². The van der Waals surface area contributed by atoms with E-state index in [-0.39, 0.29) is 41.1 Å². The lowest BCUT2D eigenvalue weighted by Gasteiger charge is -2.41.